The van der Waals surface area contributed by atoms with Crippen LogP contribution in [-0.2, 0) is 9.53 Å². The lowest BCUT2D eigenvalue weighted by Gasteiger charge is -2.37. The smallest absolute Gasteiger partial charge is 0.239 e. The number of hydrogen-bond donors (Lipinski definition) is 1. The lowest BCUT2D eigenvalue weighted by molar-refractivity contribution is -0.133. The van der Waals surface area contributed by atoms with Crippen molar-refractivity contribution >= 4 is 18.3 Å². The van der Waals surface area contributed by atoms with Crippen LogP contribution < -0.4 is 5.73 Å². The predicted molar refractivity (Wildman–Crippen MR) is 88.7 cm³/mol. The maximum absolute atomic E-state index is 12.2. The van der Waals surface area contributed by atoms with Gasteiger partial charge in [-0.1, -0.05) is 27.7 Å². The molecule has 0 bridgehead atoms. The van der Waals surface area contributed by atoms with E-state index in [0.717, 1.165) is 39.4 Å². The molecule has 1 aliphatic heterocycles. The molecule has 2 N–H and O–H groups in total. The van der Waals surface area contributed by atoms with E-state index in [9.17, 15) is 4.79 Å². The van der Waals surface area contributed by atoms with Crippen LogP contribution in [0.5, 0.6) is 0 Å². The largest absolute Gasteiger partial charge is 0.379 e. The van der Waals surface area contributed by atoms with Crippen molar-refractivity contribution in [3.8, 4) is 0 Å². The van der Waals surface area contributed by atoms with Gasteiger partial charge in [0.2, 0.25) is 5.91 Å². The molecule has 1 aliphatic rings. The van der Waals surface area contributed by atoms with Gasteiger partial charge in [-0.2, -0.15) is 0 Å². The fourth-order valence-electron chi connectivity index (χ4n) is 2.67. The second-order valence-corrected chi connectivity index (χ2v) is 7.02. The standard InChI is InChI=1S/C15H31N3O2.ClH/c1-12(2)13(16)14(19)17(5)10-15(3,4)11-18-6-8-20-9-7-18;/h12-13H,6-11,16H2,1-5H3;1H/t13-;/m0./s1. The van der Waals surface area contributed by atoms with Gasteiger partial charge in [-0.25, -0.2) is 0 Å². The summed E-state index contributed by atoms with van der Waals surface area (Å²) < 4.78 is 5.37. The van der Waals surface area contributed by atoms with Crippen LogP contribution in [0.3, 0.4) is 0 Å². The minimum atomic E-state index is -0.404. The first-order chi connectivity index (χ1) is 9.23. The third kappa shape index (κ3) is 6.96. The Kier molecular flexibility index (Phi) is 8.78. The number of morpholine rings is 1. The molecule has 0 unspecified atom stereocenters. The van der Waals surface area contributed by atoms with Crippen molar-refractivity contribution in [2.45, 2.75) is 33.7 Å². The minimum Gasteiger partial charge on any atom is -0.379 e. The molecule has 1 saturated heterocycles. The van der Waals surface area contributed by atoms with Gasteiger partial charge in [-0.05, 0) is 11.3 Å². The van der Waals surface area contributed by atoms with Gasteiger partial charge < -0.3 is 15.4 Å². The van der Waals surface area contributed by atoms with E-state index in [0.29, 0.717) is 0 Å². The minimum absolute atomic E-state index is 0. The molecular weight excluding hydrogens is 290 g/mol. The Hall–Kier alpha value is -0.360. The molecule has 126 valence electrons. The van der Waals surface area contributed by atoms with Gasteiger partial charge in [0.05, 0.1) is 19.3 Å². The molecule has 1 fully saturated rings. The van der Waals surface area contributed by atoms with Crippen LogP contribution in [0.1, 0.15) is 27.7 Å². The van der Waals surface area contributed by atoms with Crippen LogP contribution in [0.15, 0.2) is 0 Å². The lowest BCUT2D eigenvalue weighted by atomic mass is 9.91. The van der Waals surface area contributed by atoms with Crippen molar-refractivity contribution in [2.75, 3.05) is 46.4 Å². The molecule has 5 nitrogen and oxygen atoms in total. The Morgan fingerprint density at radius 3 is 2.33 bits per heavy atom. The summed E-state index contributed by atoms with van der Waals surface area (Å²) in [5, 5.41) is 0. The van der Waals surface area contributed by atoms with E-state index >= 15 is 0 Å². The molecule has 6 heteroatoms. The number of hydrogen-bond acceptors (Lipinski definition) is 4. The second kappa shape index (κ2) is 8.93. The SMILES string of the molecule is CC(C)[C@H](N)C(=O)N(C)CC(C)(C)CN1CCOCC1.Cl. The second-order valence-electron chi connectivity index (χ2n) is 7.02. The molecule has 0 aromatic heterocycles. The molecule has 1 rings (SSSR count). The molecule has 0 aromatic rings. The number of amides is 1. The average Bonchev–Trinajstić information content (AvgIpc) is 2.36. The number of likely N-dealkylation sites (N-methyl/N-ethyl adjacent to an activating group) is 1. The molecule has 1 heterocycles. The summed E-state index contributed by atoms with van der Waals surface area (Å²) >= 11 is 0. The van der Waals surface area contributed by atoms with Gasteiger partial charge in [-0.15, -0.1) is 12.4 Å². The normalized spacial score (nSPS) is 18.2. The summed E-state index contributed by atoms with van der Waals surface area (Å²) in [6.45, 7) is 13.6. The first-order valence-corrected chi connectivity index (χ1v) is 7.53. The fourth-order valence-corrected chi connectivity index (χ4v) is 2.67. The fraction of sp³-hybridized carbons (Fsp3) is 0.933. The summed E-state index contributed by atoms with van der Waals surface area (Å²) in [5.41, 5.74) is 6.00. The number of nitrogens with zero attached hydrogens (tertiary/aromatic N) is 2. The Morgan fingerprint density at radius 2 is 1.86 bits per heavy atom. The highest BCUT2D eigenvalue weighted by Crippen LogP contribution is 2.20. The van der Waals surface area contributed by atoms with Crippen molar-refractivity contribution in [3.05, 3.63) is 0 Å². The molecule has 0 aliphatic carbocycles. The monoisotopic (exact) mass is 321 g/mol. The highest BCUT2D eigenvalue weighted by atomic mass is 35.5. The number of carbonyl (C=O) groups is 1. The quantitative estimate of drug-likeness (QED) is 0.799. The Bertz CT molecular complexity index is 318. The van der Waals surface area contributed by atoms with Gasteiger partial charge >= 0.3 is 0 Å². The molecular formula is C15H32ClN3O2. The number of halogens is 1. The van der Waals surface area contributed by atoms with Crippen molar-refractivity contribution in [3.63, 3.8) is 0 Å². The highest BCUT2D eigenvalue weighted by molar-refractivity contribution is 5.85. The summed E-state index contributed by atoms with van der Waals surface area (Å²) in [7, 11) is 1.85. The summed E-state index contributed by atoms with van der Waals surface area (Å²) in [4.78, 5) is 16.4. The molecule has 0 aromatic carbocycles. The van der Waals surface area contributed by atoms with Crippen LogP contribution in [0, 0.1) is 11.3 Å². The van der Waals surface area contributed by atoms with Gasteiger partial charge in [0.15, 0.2) is 0 Å². The predicted octanol–water partition coefficient (Wildman–Crippen LogP) is 1.21. The van der Waals surface area contributed by atoms with Crippen LogP contribution in [-0.4, -0.2) is 68.2 Å². The van der Waals surface area contributed by atoms with E-state index in [2.05, 4.69) is 18.7 Å². The van der Waals surface area contributed by atoms with Gasteiger partial charge in [0, 0.05) is 33.2 Å². The van der Waals surface area contributed by atoms with Gasteiger partial charge in [0.25, 0.3) is 0 Å². The van der Waals surface area contributed by atoms with E-state index < -0.39 is 6.04 Å². The van der Waals surface area contributed by atoms with E-state index in [4.69, 9.17) is 10.5 Å². The number of nitrogens with two attached hydrogens (primary N) is 1. The molecule has 0 saturated carbocycles. The first-order valence-electron chi connectivity index (χ1n) is 7.53. The number of ether oxygens (including phenoxy) is 1. The van der Waals surface area contributed by atoms with Crippen LogP contribution >= 0.6 is 12.4 Å². The molecule has 0 spiro atoms. The third-order valence-electron chi connectivity index (χ3n) is 3.80. The zero-order valence-electron chi connectivity index (χ0n) is 14.1. The Balaban J connectivity index is 0.00000400. The first kappa shape index (κ1) is 20.6. The molecule has 0 radical (unpaired) electrons. The van der Waals surface area contributed by atoms with Crippen molar-refractivity contribution in [1.29, 1.82) is 0 Å². The molecule has 1 atom stereocenters. The Labute approximate surface area is 135 Å². The van der Waals surface area contributed by atoms with E-state index in [1.807, 2.05) is 20.9 Å². The zero-order valence-corrected chi connectivity index (χ0v) is 14.9. The molecule has 1 amide bonds. The van der Waals surface area contributed by atoms with E-state index in [1.165, 1.54) is 0 Å². The molecule has 21 heavy (non-hydrogen) atoms. The van der Waals surface area contributed by atoms with Gasteiger partial charge in [-0.3, -0.25) is 9.69 Å². The lowest BCUT2D eigenvalue weighted by Crippen LogP contribution is -2.50. The van der Waals surface area contributed by atoms with E-state index in [-0.39, 0.29) is 29.6 Å². The number of rotatable bonds is 6. The maximum atomic E-state index is 12.2. The van der Waals surface area contributed by atoms with Crippen LogP contribution in [0.2, 0.25) is 0 Å². The third-order valence-corrected chi connectivity index (χ3v) is 3.80. The highest BCUT2D eigenvalue weighted by Gasteiger charge is 2.28. The van der Waals surface area contributed by atoms with Gasteiger partial charge in [0.1, 0.15) is 0 Å². The number of carbonyl (C=O) groups excluding carboxylic acids is 1. The van der Waals surface area contributed by atoms with Crippen molar-refractivity contribution in [2.24, 2.45) is 17.1 Å². The summed E-state index contributed by atoms with van der Waals surface area (Å²) in [5.74, 6) is 0.211. The average molecular weight is 322 g/mol. The van der Waals surface area contributed by atoms with Crippen LogP contribution in [0.4, 0.5) is 0 Å². The maximum Gasteiger partial charge on any atom is 0.239 e. The van der Waals surface area contributed by atoms with Crippen molar-refractivity contribution < 1.29 is 9.53 Å². The topological polar surface area (TPSA) is 58.8 Å². The zero-order chi connectivity index (χ0) is 15.3. The van der Waals surface area contributed by atoms with E-state index in [1.54, 1.807) is 4.90 Å². The summed E-state index contributed by atoms with van der Waals surface area (Å²) in [6, 6.07) is -0.404. The Morgan fingerprint density at radius 1 is 1.33 bits per heavy atom. The van der Waals surface area contributed by atoms with Crippen LogP contribution in [0.25, 0.3) is 0 Å². The summed E-state index contributed by atoms with van der Waals surface area (Å²) in [6.07, 6.45) is 0. The van der Waals surface area contributed by atoms with Crippen molar-refractivity contribution in [1.82, 2.24) is 9.80 Å².